The predicted octanol–water partition coefficient (Wildman–Crippen LogP) is -2.41. The summed E-state index contributed by atoms with van der Waals surface area (Å²) in [6, 6.07) is 0. The molecule has 30 heteroatoms. The molecule has 0 aliphatic rings. The SMILES string of the molecule is C.C.C.C.C=O.CC(=O)N(C)CC(=O)[OH2+].CC(=O)O.CN.CN(CC(=O)O)CP(=O)(O)[OH2+].CNC(C)=O.CNCC(=O)O.I.O=C(O)CNCP(=O)(O)[OH2+].[C-]#[O+].[OH-]. The Hall–Kier alpha value is -3.47. The van der Waals surface area contributed by atoms with Gasteiger partial charge in [0.25, 0.3) is 5.97 Å². The molecule has 0 heterocycles. The molecule has 0 aromatic carbocycles. The summed E-state index contributed by atoms with van der Waals surface area (Å²) in [5.41, 5.74) is 4.50. The van der Waals surface area contributed by atoms with Gasteiger partial charge >= 0.3 is 50.4 Å². The molecule has 0 rings (SSSR count). The molecule has 0 radical (unpaired) electrons. The summed E-state index contributed by atoms with van der Waals surface area (Å²) in [6.07, 6.45) is -0.904. The molecule has 18 N–H and O–H groups in total. The summed E-state index contributed by atoms with van der Waals surface area (Å²) < 4.78 is 28.1. The average Bonchev–Trinajstić information content (AvgIpc) is 2.94. The molecule has 0 aromatic rings. The number of carboxylic acid groups (broad SMARTS) is 4. The Labute approximate surface area is 352 Å². The van der Waals surface area contributed by atoms with Gasteiger partial charge in [0.05, 0.1) is 19.6 Å². The van der Waals surface area contributed by atoms with E-state index >= 15 is 0 Å². The van der Waals surface area contributed by atoms with Crippen molar-refractivity contribution in [2.75, 3.05) is 74.0 Å². The van der Waals surface area contributed by atoms with Gasteiger partial charge in [-0.15, -0.1) is 24.0 Å². The number of likely N-dealkylation sites (N-methyl/N-ethyl adjacent to an activating group) is 3. The van der Waals surface area contributed by atoms with Crippen molar-refractivity contribution >= 4 is 87.6 Å². The molecule has 0 aromatic heterocycles. The summed E-state index contributed by atoms with van der Waals surface area (Å²) in [5, 5.41) is 44.9. The van der Waals surface area contributed by atoms with E-state index in [0.717, 1.165) is 11.8 Å². The van der Waals surface area contributed by atoms with E-state index in [-0.39, 0.29) is 90.6 Å². The number of nitrogens with one attached hydrogen (secondary N) is 3. The van der Waals surface area contributed by atoms with Crippen molar-refractivity contribution in [1.82, 2.24) is 25.8 Å². The number of carboxylic acids is 4. The van der Waals surface area contributed by atoms with E-state index in [9.17, 15) is 37.9 Å². The van der Waals surface area contributed by atoms with Crippen LogP contribution in [0.5, 0.6) is 0 Å². The number of amides is 2. The largest absolute Gasteiger partial charge is 0.870 e. The first kappa shape index (κ1) is 99.5. The Balaban J connectivity index is -0.0000000278. The van der Waals surface area contributed by atoms with Crippen LogP contribution in [0.4, 0.5) is 0 Å². The monoisotopic (exact) mass is 1010 g/mol. The second-order valence-corrected chi connectivity index (χ2v) is 11.4. The minimum Gasteiger partial charge on any atom is -0.870 e. The first-order valence-electron chi connectivity index (χ1n) is 12.8. The van der Waals surface area contributed by atoms with Crippen LogP contribution in [0.15, 0.2) is 0 Å². The molecular weight excluding hydrogens is 933 g/mol. The predicted molar refractivity (Wildman–Crippen MR) is 224 cm³/mol. The maximum atomic E-state index is 10.4. The molecule has 2 amide bonds. The van der Waals surface area contributed by atoms with Gasteiger partial charge in [-0.1, -0.05) is 29.7 Å². The van der Waals surface area contributed by atoms with Gasteiger partial charge < -0.3 is 66.9 Å². The molecule has 2 atom stereocenters. The number of hydrogen-bond acceptors (Lipinski definition) is 15. The Bertz CT molecular complexity index is 1060. The van der Waals surface area contributed by atoms with Crippen molar-refractivity contribution in [3.05, 3.63) is 6.65 Å². The molecule has 57 heavy (non-hydrogen) atoms. The zero-order chi connectivity index (χ0) is 43.6. The smallest absolute Gasteiger partial charge is 0.870 e. The third-order valence-corrected chi connectivity index (χ3v) is 4.56. The van der Waals surface area contributed by atoms with Gasteiger partial charge in [-0.2, -0.15) is 0 Å². The zero-order valence-corrected chi connectivity index (χ0v) is 34.5. The van der Waals surface area contributed by atoms with Crippen LogP contribution in [0.25, 0.3) is 0 Å². The molecule has 0 spiro atoms. The number of nitrogens with zero attached hydrogens (tertiary/aromatic N) is 2. The van der Waals surface area contributed by atoms with Crippen LogP contribution >= 0.6 is 39.2 Å². The van der Waals surface area contributed by atoms with E-state index in [1.165, 1.54) is 39.9 Å². The van der Waals surface area contributed by atoms with E-state index in [1.54, 1.807) is 14.1 Å². The molecular formula is C27H73IN6O21P2+2. The van der Waals surface area contributed by atoms with Gasteiger partial charge in [0.2, 0.25) is 11.8 Å². The molecule has 2 unspecified atom stereocenters. The van der Waals surface area contributed by atoms with E-state index in [2.05, 4.69) is 28.3 Å². The third-order valence-electron chi connectivity index (χ3n) is 3.04. The summed E-state index contributed by atoms with van der Waals surface area (Å²) in [6.45, 7) is 9.60. The second-order valence-electron chi connectivity index (χ2n) is 7.98. The number of halogens is 1. The summed E-state index contributed by atoms with van der Waals surface area (Å²) in [4.78, 5) is 109. The molecule has 0 saturated carbocycles. The molecule has 0 fully saturated rings. The van der Waals surface area contributed by atoms with Crippen LogP contribution in [-0.4, -0.2) is 183 Å². The van der Waals surface area contributed by atoms with Crippen LogP contribution in [0.2, 0.25) is 0 Å². The van der Waals surface area contributed by atoms with Crippen molar-refractivity contribution in [2.45, 2.75) is 50.5 Å². The fraction of sp³-hybridized carbons (Fsp3) is 0.667. The van der Waals surface area contributed by atoms with E-state index in [4.69, 9.17) is 59.3 Å². The molecule has 0 aliphatic carbocycles. The summed E-state index contributed by atoms with van der Waals surface area (Å²) >= 11 is 0. The van der Waals surface area contributed by atoms with Gasteiger partial charge in [0.15, 0.2) is 12.8 Å². The quantitative estimate of drug-likeness (QED) is 0.0421. The zero-order valence-electron chi connectivity index (χ0n) is 30.3. The number of hydrogen-bond donors (Lipinski definition) is 10. The van der Waals surface area contributed by atoms with Crippen LogP contribution < -0.4 is 21.7 Å². The van der Waals surface area contributed by atoms with Crippen molar-refractivity contribution in [2.24, 2.45) is 5.73 Å². The van der Waals surface area contributed by atoms with Crippen LogP contribution in [0.3, 0.4) is 0 Å². The molecule has 0 saturated heterocycles. The first-order valence-corrected chi connectivity index (χ1v) is 16.5. The number of carbonyl (C=O) groups excluding carboxylic acids is 4. The van der Waals surface area contributed by atoms with Crippen molar-refractivity contribution < 1.29 is 103 Å². The van der Waals surface area contributed by atoms with Crippen molar-refractivity contribution in [1.29, 1.82) is 0 Å². The number of carbonyl (C=O) groups is 8. The molecule has 352 valence electrons. The maximum absolute atomic E-state index is 10.4. The summed E-state index contributed by atoms with van der Waals surface area (Å²) in [5.74, 6) is -4.79. The topological polar surface area (TPSA) is 479 Å². The van der Waals surface area contributed by atoms with E-state index in [0.29, 0.717) is 0 Å². The van der Waals surface area contributed by atoms with Crippen LogP contribution in [0.1, 0.15) is 50.5 Å². The fourth-order valence-electron chi connectivity index (χ4n) is 1.40. The van der Waals surface area contributed by atoms with Gasteiger partial charge in [-0.3, -0.25) is 48.8 Å². The van der Waals surface area contributed by atoms with Gasteiger partial charge in [0, 0.05) is 39.7 Å². The van der Waals surface area contributed by atoms with E-state index in [1.807, 2.05) is 6.79 Å². The van der Waals surface area contributed by atoms with Crippen LogP contribution in [0, 0.1) is 6.65 Å². The Morgan fingerprint density at radius 1 is 0.754 bits per heavy atom. The Morgan fingerprint density at radius 3 is 1.18 bits per heavy atom. The molecule has 0 bridgehead atoms. The minimum atomic E-state index is -3.87. The summed E-state index contributed by atoms with van der Waals surface area (Å²) in [7, 11) is -0.173. The average molecular weight is 1010 g/mol. The number of rotatable bonds is 12. The standard InChI is InChI=1S/C5H9NO3.C4H10NO5P.C3H8NO5P.C3H7NO2.C3H7NO.C2H4O2.CH5N.CH2O.CO.4CH4.HI.H2O/c1-4(7)6(2)3-5(8)9;1-5(2-4(6)7)3-11(8,9)10;5-3(6)1-4-2-10(7,8)9;1-4-2-3(5)6;1-3(5)4-2;1-2(3)4;3*1-2;;;;;;/h3H2,1-2H3,(H,8,9);2-3H2,1H3,(H,6,7)(H2,8,9,10);4H,1-2H2,(H,5,6)(H2,7,8,9);4H,2H2,1H3,(H,5,6);1-2H3,(H,4,5);1H3,(H,3,4);2H2,1H3;1H2;;4*1H4;1H;1H2/p+2. The second kappa shape index (κ2) is 70.3. The molecule has 0 aliphatic heterocycles. The van der Waals surface area contributed by atoms with Crippen molar-refractivity contribution in [3.8, 4) is 0 Å². The number of nitrogens with two attached hydrogens (primary N) is 1. The van der Waals surface area contributed by atoms with Gasteiger partial charge in [-0.05, 0) is 21.1 Å². The fourth-order valence-corrected chi connectivity index (χ4v) is 2.57. The first-order chi connectivity index (χ1) is 23.0. The van der Waals surface area contributed by atoms with Crippen molar-refractivity contribution in [3.63, 3.8) is 0 Å². The maximum Gasteiger partial charge on any atom is -0.870 e. The Kier molecular flexibility index (Phi) is 123. The minimum absolute atomic E-state index is 0. The number of aliphatic carboxylic acids is 4. The Morgan fingerprint density at radius 2 is 1.05 bits per heavy atom. The normalized spacial score (nSPS) is 9.47. The molecule has 27 nitrogen and oxygen atoms in total. The third kappa shape index (κ3) is 206. The van der Waals surface area contributed by atoms with Gasteiger partial charge in [0.1, 0.15) is 13.1 Å². The van der Waals surface area contributed by atoms with Crippen LogP contribution in [-0.2, 0) is 52.1 Å². The van der Waals surface area contributed by atoms with Gasteiger partial charge in [-0.25, -0.2) is 9.13 Å². The van der Waals surface area contributed by atoms with E-state index < -0.39 is 64.2 Å².